The molecule has 1 N–H and O–H groups in total. The van der Waals surface area contributed by atoms with E-state index in [4.69, 9.17) is 0 Å². The lowest BCUT2D eigenvalue weighted by Crippen LogP contribution is -2.41. The maximum absolute atomic E-state index is 12.9. The molecule has 3 atom stereocenters. The molecule has 6 heteroatoms. The van der Waals surface area contributed by atoms with Crippen molar-refractivity contribution in [2.24, 2.45) is 5.92 Å². The summed E-state index contributed by atoms with van der Waals surface area (Å²) in [5.74, 6) is 0.993. The summed E-state index contributed by atoms with van der Waals surface area (Å²) in [7, 11) is 0. The Hall–Kier alpha value is -0.810. The Balaban J connectivity index is 0.00000140. The molecule has 28 heavy (non-hydrogen) atoms. The van der Waals surface area contributed by atoms with Gasteiger partial charge in [-0.25, -0.2) is 0 Å². The van der Waals surface area contributed by atoms with Gasteiger partial charge in [-0.15, -0.1) is 24.8 Å². The molecule has 2 bridgehead atoms. The Bertz CT molecular complexity index is 603. The van der Waals surface area contributed by atoms with Gasteiger partial charge in [-0.05, 0) is 50.5 Å². The van der Waals surface area contributed by atoms with Gasteiger partial charge in [0.05, 0.1) is 0 Å². The summed E-state index contributed by atoms with van der Waals surface area (Å²) in [6, 6.07) is 12.6. The van der Waals surface area contributed by atoms with Crippen LogP contribution in [0.5, 0.6) is 0 Å². The smallest absolute Gasteiger partial charge is 0.222 e. The number of nitrogens with one attached hydrogen (secondary N) is 1. The highest BCUT2D eigenvalue weighted by atomic mass is 35.5. The van der Waals surface area contributed by atoms with Gasteiger partial charge in [0.1, 0.15) is 0 Å². The van der Waals surface area contributed by atoms with Gasteiger partial charge in [0, 0.05) is 50.7 Å². The number of fused-ring (bicyclic) bond motifs is 2. The van der Waals surface area contributed by atoms with Gasteiger partial charge >= 0.3 is 0 Å². The first-order valence-corrected chi connectivity index (χ1v) is 10.5. The van der Waals surface area contributed by atoms with Crippen molar-refractivity contribution in [1.82, 2.24) is 15.1 Å². The molecule has 3 fully saturated rings. The van der Waals surface area contributed by atoms with Crippen LogP contribution in [0.2, 0.25) is 0 Å². The molecule has 3 aliphatic heterocycles. The Morgan fingerprint density at radius 2 is 1.68 bits per heavy atom. The average molecular weight is 428 g/mol. The van der Waals surface area contributed by atoms with Gasteiger partial charge in [-0.1, -0.05) is 30.3 Å². The van der Waals surface area contributed by atoms with Crippen LogP contribution in [0.3, 0.4) is 0 Å². The van der Waals surface area contributed by atoms with Crippen molar-refractivity contribution in [3.63, 3.8) is 0 Å². The van der Waals surface area contributed by atoms with Crippen molar-refractivity contribution >= 4 is 30.7 Å². The van der Waals surface area contributed by atoms with Crippen molar-refractivity contribution in [3.8, 4) is 0 Å². The van der Waals surface area contributed by atoms with Crippen LogP contribution in [0, 0.1) is 5.92 Å². The molecule has 4 rings (SSSR count). The summed E-state index contributed by atoms with van der Waals surface area (Å²) in [4.78, 5) is 17.6. The van der Waals surface area contributed by atoms with E-state index in [1.165, 1.54) is 31.2 Å². The van der Waals surface area contributed by atoms with Crippen LogP contribution >= 0.6 is 24.8 Å². The van der Waals surface area contributed by atoms with E-state index in [-0.39, 0.29) is 24.8 Å². The van der Waals surface area contributed by atoms with Crippen LogP contribution in [-0.2, 0) is 11.3 Å². The van der Waals surface area contributed by atoms with Crippen LogP contribution in [0.4, 0.5) is 0 Å². The Labute approximate surface area is 182 Å². The van der Waals surface area contributed by atoms with Crippen LogP contribution in [-0.4, -0.2) is 53.5 Å². The third-order valence-corrected chi connectivity index (χ3v) is 6.71. The fourth-order valence-corrected chi connectivity index (χ4v) is 5.13. The van der Waals surface area contributed by atoms with Gasteiger partial charge in [0.25, 0.3) is 0 Å². The van der Waals surface area contributed by atoms with E-state index in [0.29, 0.717) is 30.0 Å². The molecule has 1 amide bonds. The molecule has 0 radical (unpaired) electrons. The molecule has 4 nitrogen and oxygen atoms in total. The molecule has 3 saturated heterocycles. The van der Waals surface area contributed by atoms with E-state index in [1.54, 1.807) is 0 Å². The van der Waals surface area contributed by atoms with Gasteiger partial charge < -0.3 is 10.2 Å². The van der Waals surface area contributed by atoms with Crippen molar-refractivity contribution in [3.05, 3.63) is 35.9 Å². The molecular formula is C22H35Cl2N3O. The second-order valence-corrected chi connectivity index (χ2v) is 8.65. The van der Waals surface area contributed by atoms with Gasteiger partial charge in [0.15, 0.2) is 0 Å². The predicted molar refractivity (Wildman–Crippen MR) is 119 cm³/mol. The lowest BCUT2D eigenvalue weighted by atomic mass is 9.89. The summed E-state index contributed by atoms with van der Waals surface area (Å²) < 4.78 is 0. The molecule has 0 aromatic heterocycles. The maximum Gasteiger partial charge on any atom is 0.222 e. The summed E-state index contributed by atoms with van der Waals surface area (Å²) in [5, 5.41) is 3.69. The van der Waals surface area contributed by atoms with E-state index in [2.05, 4.69) is 52.4 Å². The summed E-state index contributed by atoms with van der Waals surface area (Å²) in [6.45, 7) is 6.08. The lowest BCUT2D eigenvalue weighted by molar-refractivity contribution is -0.132. The predicted octanol–water partition coefficient (Wildman–Crippen LogP) is 3.87. The second kappa shape index (κ2) is 10.8. The quantitative estimate of drug-likeness (QED) is 0.791. The van der Waals surface area contributed by atoms with Crippen molar-refractivity contribution in [2.45, 2.75) is 70.1 Å². The molecule has 3 heterocycles. The average Bonchev–Trinajstić information content (AvgIpc) is 2.87. The first-order chi connectivity index (χ1) is 12.7. The highest BCUT2D eigenvalue weighted by Gasteiger charge is 2.35. The molecule has 0 spiro atoms. The zero-order valence-electron chi connectivity index (χ0n) is 16.9. The standard InChI is InChI=1S/C22H33N3O.2ClH/c1-17-9-10-24(11-12-25(17)16-18-5-3-2-4-6-18)22(26)15-19-13-20-7-8-21(14-19)23-20;;/h2-6,17,19-21,23H,7-16H2,1H3;2*1H. The number of rotatable bonds is 4. The van der Waals surface area contributed by atoms with Crippen molar-refractivity contribution < 1.29 is 4.79 Å². The Morgan fingerprint density at radius 3 is 2.36 bits per heavy atom. The summed E-state index contributed by atoms with van der Waals surface area (Å²) in [6.07, 6.45) is 6.87. The third kappa shape index (κ3) is 5.85. The molecule has 3 unspecified atom stereocenters. The molecule has 0 aliphatic carbocycles. The number of carbonyl (C=O) groups excluding carboxylic acids is 1. The minimum absolute atomic E-state index is 0. The number of halogens is 2. The Morgan fingerprint density at radius 1 is 1.00 bits per heavy atom. The van der Waals surface area contributed by atoms with Crippen molar-refractivity contribution in [1.29, 1.82) is 0 Å². The number of carbonyl (C=O) groups is 1. The van der Waals surface area contributed by atoms with E-state index in [0.717, 1.165) is 39.0 Å². The van der Waals surface area contributed by atoms with E-state index < -0.39 is 0 Å². The summed E-state index contributed by atoms with van der Waals surface area (Å²) in [5.41, 5.74) is 1.37. The number of hydrogen-bond acceptors (Lipinski definition) is 3. The fraction of sp³-hybridized carbons (Fsp3) is 0.682. The maximum atomic E-state index is 12.9. The lowest BCUT2D eigenvalue weighted by Gasteiger charge is -2.30. The largest absolute Gasteiger partial charge is 0.341 e. The van der Waals surface area contributed by atoms with Crippen LogP contribution in [0.15, 0.2) is 30.3 Å². The second-order valence-electron chi connectivity index (χ2n) is 8.65. The first kappa shape index (κ1) is 23.5. The fourth-order valence-electron chi connectivity index (χ4n) is 5.13. The normalized spacial score (nSPS) is 30.1. The van der Waals surface area contributed by atoms with Crippen molar-refractivity contribution in [2.75, 3.05) is 19.6 Å². The van der Waals surface area contributed by atoms with Crippen LogP contribution < -0.4 is 5.32 Å². The number of hydrogen-bond donors (Lipinski definition) is 1. The number of benzene rings is 1. The van der Waals surface area contributed by atoms with Gasteiger partial charge in [-0.2, -0.15) is 0 Å². The molecule has 1 aromatic carbocycles. The van der Waals surface area contributed by atoms with Crippen LogP contribution in [0.25, 0.3) is 0 Å². The first-order valence-electron chi connectivity index (χ1n) is 10.5. The molecule has 158 valence electrons. The van der Waals surface area contributed by atoms with E-state index in [9.17, 15) is 4.79 Å². The molecule has 3 aliphatic rings. The van der Waals surface area contributed by atoms with E-state index in [1.807, 2.05) is 0 Å². The van der Waals surface area contributed by atoms with Gasteiger partial charge in [0.2, 0.25) is 5.91 Å². The topological polar surface area (TPSA) is 35.6 Å². The molecular weight excluding hydrogens is 393 g/mol. The van der Waals surface area contributed by atoms with Crippen LogP contribution in [0.1, 0.15) is 51.0 Å². The molecule has 0 saturated carbocycles. The van der Waals surface area contributed by atoms with Gasteiger partial charge in [-0.3, -0.25) is 9.69 Å². The number of piperidine rings is 1. The zero-order valence-corrected chi connectivity index (χ0v) is 18.5. The number of amides is 1. The minimum Gasteiger partial charge on any atom is -0.341 e. The minimum atomic E-state index is 0. The highest BCUT2D eigenvalue weighted by Crippen LogP contribution is 2.33. The highest BCUT2D eigenvalue weighted by molar-refractivity contribution is 5.85. The zero-order chi connectivity index (χ0) is 17.9. The number of nitrogens with zero attached hydrogens (tertiary/aromatic N) is 2. The summed E-state index contributed by atoms with van der Waals surface area (Å²) >= 11 is 0. The van der Waals surface area contributed by atoms with E-state index >= 15 is 0 Å². The Kier molecular flexibility index (Phi) is 9.07. The third-order valence-electron chi connectivity index (χ3n) is 6.71. The molecule has 1 aromatic rings. The SMILES string of the molecule is CC1CCN(C(=O)CC2CC3CCC(C2)N3)CCN1Cc1ccccc1.Cl.Cl. The monoisotopic (exact) mass is 427 g/mol.